The molecule has 0 unspecified atom stereocenters. The van der Waals surface area contributed by atoms with E-state index in [1.165, 1.54) is 0 Å². The summed E-state index contributed by atoms with van der Waals surface area (Å²) in [4.78, 5) is 17.1. The van der Waals surface area contributed by atoms with E-state index < -0.39 is 0 Å². The molecule has 1 aromatic rings. The molecule has 2 atom stereocenters. The van der Waals surface area contributed by atoms with Crippen molar-refractivity contribution in [1.82, 2.24) is 9.88 Å². The van der Waals surface area contributed by atoms with E-state index in [2.05, 4.69) is 4.98 Å². The zero-order chi connectivity index (χ0) is 10.1. The zero-order valence-electron chi connectivity index (χ0n) is 8.05. The molecule has 0 saturated carbocycles. The average Bonchev–Trinajstić information content (AvgIpc) is 2.43. The van der Waals surface area contributed by atoms with Crippen LogP contribution in [0.15, 0.2) is 24.5 Å². The van der Waals surface area contributed by atoms with Gasteiger partial charge in [-0.2, -0.15) is 0 Å². The third-order valence-corrected chi connectivity index (χ3v) is 2.65. The molecule has 1 aromatic heterocycles. The quantitative estimate of drug-likeness (QED) is 0.695. The highest BCUT2D eigenvalue weighted by atomic mass is 16.2. The summed E-state index contributed by atoms with van der Waals surface area (Å²) in [6.45, 7) is 0. The first-order valence-electron chi connectivity index (χ1n) is 4.61. The summed E-state index contributed by atoms with van der Waals surface area (Å²) in [7, 11) is 1.78. The van der Waals surface area contributed by atoms with Crippen LogP contribution in [0.5, 0.6) is 0 Å². The number of carbonyl (C=O) groups is 1. The molecule has 2 N–H and O–H groups in total. The predicted octanol–water partition coefficient (Wildman–Crippen LogP) is 0.312. The summed E-state index contributed by atoms with van der Waals surface area (Å²) in [5, 5.41) is 0. The second kappa shape index (κ2) is 3.38. The second-order valence-corrected chi connectivity index (χ2v) is 3.60. The lowest BCUT2D eigenvalue weighted by Gasteiger charge is -2.22. The van der Waals surface area contributed by atoms with E-state index in [1.54, 1.807) is 24.3 Å². The molecule has 1 saturated heterocycles. The second-order valence-electron chi connectivity index (χ2n) is 3.60. The van der Waals surface area contributed by atoms with Gasteiger partial charge in [0.05, 0.1) is 6.04 Å². The number of rotatable bonds is 1. The topological polar surface area (TPSA) is 59.2 Å². The SMILES string of the molecule is CN1C(=O)C[C@@H](N)[C@@H]1c1cccnc1. The fraction of sp³-hybridized carbons (Fsp3) is 0.400. The van der Waals surface area contributed by atoms with E-state index in [-0.39, 0.29) is 18.0 Å². The minimum absolute atomic E-state index is 0.0174. The van der Waals surface area contributed by atoms with Gasteiger partial charge >= 0.3 is 0 Å². The Morgan fingerprint density at radius 2 is 2.43 bits per heavy atom. The predicted molar refractivity (Wildman–Crippen MR) is 52.3 cm³/mol. The molecule has 4 nitrogen and oxygen atoms in total. The van der Waals surface area contributed by atoms with E-state index in [0.717, 1.165) is 5.56 Å². The lowest BCUT2D eigenvalue weighted by atomic mass is 10.0. The largest absolute Gasteiger partial charge is 0.337 e. The summed E-state index contributed by atoms with van der Waals surface area (Å²) in [6.07, 6.45) is 3.90. The van der Waals surface area contributed by atoms with E-state index in [1.807, 2.05) is 12.1 Å². The Morgan fingerprint density at radius 1 is 1.64 bits per heavy atom. The van der Waals surface area contributed by atoms with Gasteiger partial charge in [-0.15, -0.1) is 0 Å². The molecule has 0 aromatic carbocycles. The van der Waals surface area contributed by atoms with Crippen molar-refractivity contribution in [2.45, 2.75) is 18.5 Å². The van der Waals surface area contributed by atoms with Crippen LogP contribution in [-0.4, -0.2) is 28.9 Å². The summed E-state index contributed by atoms with van der Waals surface area (Å²) in [6, 6.07) is 3.68. The van der Waals surface area contributed by atoms with Gasteiger partial charge in [-0.25, -0.2) is 0 Å². The van der Waals surface area contributed by atoms with Gasteiger partial charge in [0, 0.05) is 31.9 Å². The average molecular weight is 191 g/mol. The Balaban J connectivity index is 2.31. The summed E-state index contributed by atoms with van der Waals surface area (Å²) < 4.78 is 0. The number of amides is 1. The third kappa shape index (κ3) is 1.37. The molecule has 4 heteroatoms. The minimum Gasteiger partial charge on any atom is -0.337 e. The van der Waals surface area contributed by atoms with Gasteiger partial charge in [0.1, 0.15) is 0 Å². The number of likely N-dealkylation sites (N-methyl/N-ethyl adjacent to an activating group) is 1. The molecule has 0 bridgehead atoms. The lowest BCUT2D eigenvalue weighted by Crippen LogP contribution is -2.30. The lowest BCUT2D eigenvalue weighted by molar-refractivity contribution is -0.127. The smallest absolute Gasteiger partial charge is 0.224 e. The molecule has 0 radical (unpaired) electrons. The van der Waals surface area contributed by atoms with Gasteiger partial charge in [0.25, 0.3) is 0 Å². The van der Waals surface area contributed by atoms with Gasteiger partial charge in [-0.3, -0.25) is 9.78 Å². The Morgan fingerprint density at radius 3 is 2.93 bits per heavy atom. The highest BCUT2D eigenvalue weighted by Crippen LogP contribution is 2.29. The molecular weight excluding hydrogens is 178 g/mol. The maximum absolute atomic E-state index is 11.4. The molecule has 1 fully saturated rings. The Kier molecular flexibility index (Phi) is 2.21. The molecule has 0 spiro atoms. The summed E-state index contributed by atoms with van der Waals surface area (Å²) in [5.41, 5.74) is 6.91. The van der Waals surface area contributed by atoms with E-state index in [4.69, 9.17) is 5.73 Å². The van der Waals surface area contributed by atoms with Crippen LogP contribution in [0.3, 0.4) is 0 Å². The molecule has 1 aliphatic heterocycles. The van der Waals surface area contributed by atoms with Crippen molar-refractivity contribution >= 4 is 5.91 Å². The highest BCUT2D eigenvalue weighted by molar-refractivity contribution is 5.80. The first kappa shape index (κ1) is 9.15. The van der Waals surface area contributed by atoms with Crippen molar-refractivity contribution in [2.24, 2.45) is 5.73 Å². The zero-order valence-corrected chi connectivity index (χ0v) is 8.05. The number of nitrogens with zero attached hydrogens (tertiary/aromatic N) is 2. The van der Waals surface area contributed by atoms with Crippen LogP contribution < -0.4 is 5.73 Å². The Hall–Kier alpha value is -1.42. The van der Waals surface area contributed by atoms with Crippen LogP contribution in [0.4, 0.5) is 0 Å². The van der Waals surface area contributed by atoms with Crippen LogP contribution in [0.25, 0.3) is 0 Å². The number of likely N-dealkylation sites (tertiary alicyclic amines) is 1. The fourth-order valence-electron chi connectivity index (χ4n) is 1.92. The first-order chi connectivity index (χ1) is 6.70. The van der Waals surface area contributed by atoms with Gasteiger partial charge in [0.15, 0.2) is 0 Å². The molecule has 0 aliphatic carbocycles. The Labute approximate surface area is 82.7 Å². The molecular formula is C10H13N3O. The van der Waals surface area contributed by atoms with Crippen LogP contribution in [0, 0.1) is 0 Å². The number of pyridine rings is 1. The summed E-state index contributed by atoms with van der Waals surface area (Å²) >= 11 is 0. The van der Waals surface area contributed by atoms with Crippen molar-refractivity contribution in [3.05, 3.63) is 30.1 Å². The molecule has 2 rings (SSSR count). The molecule has 1 amide bonds. The molecule has 2 heterocycles. The van der Waals surface area contributed by atoms with Gasteiger partial charge in [0.2, 0.25) is 5.91 Å². The van der Waals surface area contributed by atoms with Crippen molar-refractivity contribution in [1.29, 1.82) is 0 Å². The monoisotopic (exact) mass is 191 g/mol. The number of carbonyl (C=O) groups excluding carboxylic acids is 1. The van der Waals surface area contributed by atoms with Crippen molar-refractivity contribution in [3.8, 4) is 0 Å². The van der Waals surface area contributed by atoms with Crippen molar-refractivity contribution in [3.63, 3.8) is 0 Å². The van der Waals surface area contributed by atoms with E-state index in [9.17, 15) is 4.79 Å². The number of hydrogen-bond acceptors (Lipinski definition) is 3. The summed E-state index contributed by atoms with van der Waals surface area (Å²) in [5.74, 6) is 0.103. The van der Waals surface area contributed by atoms with Crippen molar-refractivity contribution < 1.29 is 4.79 Å². The fourth-order valence-corrected chi connectivity index (χ4v) is 1.92. The highest BCUT2D eigenvalue weighted by Gasteiger charge is 2.35. The maximum Gasteiger partial charge on any atom is 0.224 e. The first-order valence-corrected chi connectivity index (χ1v) is 4.61. The minimum atomic E-state index is -0.114. The van der Waals surface area contributed by atoms with Gasteiger partial charge in [-0.1, -0.05) is 6.07 Å². The maximum atomic E-state index is 11.4. The normalized spacial score (nSPS) is 27.0. The van der Waals surface area contributed by atoms with Crippen molar-refractivity contribution in [2.75, 3.05) is 7.05 Å². The van der Waals surface area contributed by atoms with Gasteiger partial charge < -0.3 is 10.6 Å². The number of hydrogen-bond donors (Lipinski definition) is 1. The molecule has 14 heavy (non-hydrogen) atoms. The molecule has 1 aliphatic rings. The standard InChI is InChI=1S/C10H13N3O/c1-13-9(14)5-8(11)10(13)7-3-2-4-12-6-7/h2-4,6,8,10H,5,11H2,1H3/t8-,10+/m1/s1. The van der Waals surface area contributed by atoms with Crippen LogP contribution in [-0.2, 0) is 4.79 Å². The van der Waals surface area contributed by atoms with Crippen LogP contribution in [0.1, 0.15) is 18.0 Å². The van der Waals surface area contributed by atoms with E-state index in [0.29, 0.717) is 6.42 Å². The van der Waals surface area contributed by atoms with E-state index >= 15 is 0 Å². The Bertz CT molecular complexity index is 338. The van der Waals surface area contributed by atoms with Crippen LogP contribution in [0.2, 0.25) is 0 Å². The molecule has 74 valence electrons. The van der Waals surface area contributed by atoms with Crippen LogP contribution >= 0.6 is 0 Å². The number of nitrogens with two attached hydrogens (primary N) is 1. The van der Waals surface area contributed by atoms with Gasteiger partial charge in [-0.05, 0) is 11.6 Å². The third-order valence-electron chi connectivity index (χ3n) is 2.65. The number of aromatic nitrogens is 1.